The molecule has 0 spiro atoms. The summed E-state index contributed by atoms with van der Waals surface area (Å²) >= 11 is 0. The summed E-state index contributed by atoms with van der Waals surface area (Å²) in [5, 5.41) is 12.0. The molecule has 0 aliphatic heterocycles. The number of carbonyl (C=O) groups is 2. The zero-order chi connectivity index (χ0) is 16.8. The van der Waals surface area contributed by atoms with Gasteiger partial charge in [0.25, 0.3) is 0 Å². The highest BCUT2D eigenvalue weighted by Crippen LogP contribution is 2.28. The second-order valence-corrected chi connectivity index (χ2v) is 6.30. The van der Waals surface area contributed by atoms with Crippen molar-refractivity contribution >= 4 is 11.9 Å². The van der Waals surface area contributed by atoms with Crippen molar-refractivity contribution in [2.24, 2.45) is 0 Å². The molecule has 1 unspecified atom stereocenters. The van der Waals surface area contributed by atoms with Crippen LogP contribution in [0.3, 0.4) is 0 Å². The highest BCUT2D eigenvalue weighted by Gasteiger charge is 2.32. The molecule has 1 aromatic rings. The van der Waals surface area contributed by atoms with Crippen LogP contribution in [0.5, 0.6) is 0 Å². The Balaban J connectivity index is 1.93. The third-order valence-electron chi connectivity index (χ3n) is 4.16. The molecular formula is C18H26N2O3. The first-order valence-electron chi connectivity index (χ1n) is 8.32. The van der Waals surface area contributed by atoms with Gasteiger partial charge in [0.2, 0.25) is 5.91 Å². The number of hydrogen-bond acceptors (Lipinski definition) is 3. The monoisotopic (exact) mass is 318 g/mol. The van der Waals surface area contributed by atoms with Crippen LogP contribution in [-0.4, -0.2) is 40.5 Å². The number of carboxylic acid groups (broad SMARTS) is 1. The van der Waals surface area contributed by atoms with Gasteiger partial charge in [-0.15, -0.1) is 0 Å². The second kappa shape index (κ2) is 8.11. The van der Waals surface area contributed by atoms with E-state index in [0.717, 1.165) is 24.8 Å². The van der Waals surface area contributed by atoms with Gasteiger partial charge in [0.15, 0.2) is 0 Å². The summed E-state index contributed by atoms with van der Waals surface area (Å²) < 4.78 is 0. The van der Waals surface area contributed by atoms with Gasteiger partial charge >= 0.3 is 5.97 Å². The zero-order valence-corrected chi connectivity index (χ0v) is 13.9. The van der Waals surface area contributed by atoms with Crippen molar-refractivity contribution in [2.75, 3.05) is 6.54 Å². The number of nitrogens with one attached hydrogen (secondary N) is 1. The summed E-state index contributed by atoms with van der Waals surface area (Å²) in [4.78, 5) is 25.5. The predicted octanol–water partition coefficient (Wildman–Crippen LogP) is 2.33. The molecule has 1 fully saturated rings. The van der Waals surface area contributed by atoms with Crippen molar-refractivity contribution < 1.29 is 14.7 Å². The topological polar surface area (TPSA) is 69.6 Å². The van der Waals surface area contributed by atoms with Crippen molar-refractivity contribution in [2.45, 2.75) is 58.2 Å². The normalized spacial score (nSPS) is 15.2. The minimum absolute atomic E-state index is 0.0181. The molecule has 1 saturated carbocycles. The van der Waals surface area contributed by atoms with Crippen LogP contribution in [0.15, 0.2) is 24.3 Å². The molecular weight excluding hydrogens is 292 g/mol. The van der Waals surface area contributed by atoms with Crippen molar-refractivity contribution in [1.29, 1.82) is 0 Å². The van der Waals surface area contributed by atoms with Gasteiger partial charge < -0.3 is 10.0 Å². The lowest BCUT2D eigenvalue weighted by Crippen LogP contribution is -2.45. The molecule has 2 rings (SSSR count). The lowest BCUT2D eigenvalue weighted by Gasteiger charge is -2.24. The van der Waals surface area contributed by atoms with Gasteiger partial charge in [0.05, 0.1) is 6.54 Å². The maximum absolute atomic E-state index is 12.5. The Morgan fingerprint density at radius 1 is 1.30 bits per heavy atom. The van der Waals surface area contributed by atoms with Gasteiger partial charge in [-0.05, 0) is 31.7 Å². The van der Waals surface area contributed by atoms with Crippen LogP contribution in [0.1, 0.15) is 43.7 Å². The predicted molar refractivity (Wildman–Crippen MR) is 89.1 cm³/mol. The molecule has 1 aliphatic rings. The number of benzene rings is 1. The van der Waals surface area contributed by atoms with Crippen molar-refractivity contribution in [3.8, 4) is 0 Å². The minimum Gasteiger partial charge on any atom is -0.480 e. The van der Waals surface area contributed by atoms with E-state index < -0.39 is 12.0 Å². The molecule has 1 atom stereocenters. The molecule has 2 N–H and O–H groups in total. The van der Waals surface area contributed by atoms with Crippen molar-refractivity contribution in [3.05, 3.63) is 35.4 Å². The Kier molecular flexibility index (Phi) is 6.16. The van der Waals surface area contributed by atoms with Gasteiger partial charge in [-0.1, -0.05) is 43.2 Å². The largest absolute Gasteiger partial charge is 0.480 e. The molecule has 1 aromatic carbocycles. The molecule has 0 bridgehead atoms. The Morgan fingerprint density at radius 3 is 2.48 bits per heavy atom. The fourth-order valence-electron chi connectivity index (χ4n) is 2.61. The maximum atomic E-state index is 12.5. The Labute approximate surface area is 137 Å². The van der Waals surface area contributed by atoms with Crippen LogP contribution in [0.4, 0.5) is 0 Å². The molecule has 23 heavy (non-hydrogen) atoms. The smallest absolute Gasteiger partial charge is 0.320 e. The van der Waals surface area contributed by atoms with E-state index in [1.165, 1.54) is 5.56 Å². The molecule has 1 aliphatic carbocycles. The van der Waals surface area contributed by atoms with E-state index in [0.29, 0.717) is 19.0 Å². The average molecular weight is 318 g/mol. The number of rotatable bonds is 9. The molecule has 0 radical (unpaired) electrons. The average Bonchev–Trinajstić information content (AvgIpc) is 3.35. The summed E-state index contributed by atoms with van der Waals surface area (Å²) in [5.74, 6) is -0.911. The number of carbonyl (C=O) groups excluding carboxylic acids is 1. The van der Waals surface area contributed by atoms with Crippen LogP contribution >= 0.6 is 0 Å². The highest BCUT2D eigenvalue weighted by atomic mass is 16.4. The first-order chi connectivity index (χ1) is 11.0. The number of hydrogen-bond donors (Lipinski definition) is 2. The first-order valence-corrected chi connectivity index (χ1v) is 8.32. The van der Waals surface area contributed by atoms with E-state index in [4.69, 9.17) is 5.11 Å². The fourth-order valence-corrected chi connectivity index (χ4v) is 2.61. The summed E-state index contributed by atoms with van der Waals surface area (Å²) in [7, 11) is 0. The van der Waals surface area contributed by atoms with E-state index >= 15 is 0 Å². The summed E-state index contributed by atoms with van der Waals surface area (Å²) in [6, 6.07) is 7.84. The number of aryl methyl sites for hydroxylation is 1. The number of aliphatic carboxylic acids is 1. The van der Waals surface area contributed by atoms with Crippen molar-refractivity contribution in [3.63, 3.8) is 0 Å². The molecule has 126 valence electrons. The number of amides is 1. The molecule has 0 heterocycles. The third kappa shape index (κ3) is 5.36. The van der Waals surface area contributed by atoms with Crippen LogP contribution < -0.4 is 5.32 Å². The van der Waals surface area contributed by atoms with Gasteiger partial charge in [0, 0.05) is 12.6 Å². The standard InChI is InChI=1S/C18H26N2O3/c1-3-4-16(18(22)23)19-11-17(21)20(15-9-10-15)12-14-7-5-13(2)6-8-14/h5-8,15-16,19H,3-4,9-12H2,1-2H3,(H,22,23). The van der Waals surface area contributed by atoms with E-state index in [-0.39, 0.29) is 12.5 Å². The molecule has 5 heteroatoms. The van der Waals surface area contributed by atoms with E-state index in [2.05, 4.69) is 5.32 Å². The maximum Gasteiger partial charge on any atom is 0.320 e. The summed E-state index contributed by atoms with van der Waals surface area (Å²) in [6.07, 6.45) is 3.38. The lowest BCUT2D eigenvalue weighted by atomic mass is 10.1. The van der Waals surface area contributed by atoms with Crippen molar-refractivity contribution in [1.82, 2.24) is 10.2 Å². The fraction of sp³-hybridized carbons (Fsp3) is 0.556. The van der Waals surface area contributed by atoms with Crippen LogP contribution in [0, 0.1) is 6.92 Å². The number of carboxylic acids is 1. The molecule has 5 nitrogen and oxygen atoms in total. The molecule has 0 saturated heterocycles. The van der Waals surface area contributed by atoms with Crippen LogP contribution in [-0.2, 0) is 16.1 Å². The second-order valence-electron chi connectivity index (χ2n) is 6.30. The van der Waals surface area contributed by atoms with Gasteiger partial charge in [-0.3, -0.25) is 14.9 Å². The van der Waals surface area contributed by atoms with E-state index in [9.17, 15) is 9.59 Å². The zero-order valence-electron chi connectivity index (χ0n) is 13.9. The molecule has 0 aromatic heterocycles. The summed E-state index contributed by atoms with van der Waals surface area (Å²) in [6.45, 7) is 4.65. The van der Waals surface area contributed by atoms with Crippen LogP contribution in [0.2, 0.25) is 0 Å². The Hall–Kier alpha value is -1.88. The van der Waals surface area contributed by atoms with E-state index in [1.807, 2.05) is 43.0 Å². The quantitative estimate of drug-likeness (QED) is 0.733. The van der Waals surface area contributed by atoms with Gasteiger partial charge in [-0.2, -0.15) is 0 Å². The number of nitrogens with zero attached hydrogens (tertiary/aromatic N) is 1. The third-order valence-corrected chi connectivity index (χ3v) is 4.16. The van der Waals surface area contributed by atoms with Gasteiger partial charge in [-0.25, -0.2) is 0 Å². The highest BCUT2D eigenvalue weighted by molar-refractivity contribution is 5.80. The van der Waals surface area contributed by atoms with E-state index in [1.54, 1.807) is 0 Å². The van der Waals surface area contributed by atoms with Crippen LogP contribution in [0.25, 0.3) is 0 Å². The van der Waals surface area contributed by atoms with Gasteiger partial charge in [0.1, 0.15) is 6.04 Å². The Morgan fingerprint density at radius 2 is 1.96 bits per heavy atom. The SMILES string of the molecule is CCCC(NCC(=O)N(Cc1ccc(C)cc1)C1CC1)C(=O)O. The summed E-state index contributed by atoms with van der Waals surface area (Å²) in [5.41, 5.74) is 2.31. The Bertz CT molecular complexity index is 538. The first kappa shape index (κ1) is 17.5. The minimum atomic E-state index is -0.892. The lowest BCUT2D eigenvalue weighted by molar-refractivity contribution is -0.140. The molecule has 1 amide bonds.